The Kier molecular flexibility index (Phi) is 5.04. The van der Waals surface area contributed by atoms with Crippen molar-refractivity contribution in [2.75, 3.05) is 6.54 Å². The molecule has 0 aromatic carbocycles. The first kappa shape index (κ1) is 13.9. The topological polar surface area (TPSA) is 55.1 Å². The lowest BCUT2D eigenvalue weighted by molar-refractivity contribution is -0.127. The van der Waals surface area contributed by atoms with Gasteiger partial charge in [-0.25, -0.2) is 0 Å². The standard InChI is InChI=1S/C15H28N2O/c1-11(13-4-2-3-5-13)17-15(18)14-8-6-12(10-16)7-9-14/h11-14H,2-10,16H2,1H3,(H,17,18)/t11-,12?,14?/m1/s1. The van der Waals surface area contributed by atoms with Gasteiger partial charge in [0, 0.05) is 12.0 Å². The van der Waals surface area contributed by atoms with Crippen LogP contribution in [0.4, 0.5) is 0 Å². The summed E-state index contributed by atoms with van der Waals surface area (Å²) in [5, 5.41) is 3.25. The summed E-state index contributed by atoms with van der Waals surface area (Å²) in [6.07, 6.45) is 9.59. The highest BCUT2D eigenvalue weighted by atomic mass is 16.1. The second-order valence-corrected chi connectivity index (χ2v) is 6.30. The van der Waals surface area contributed by atoms with Crippen LogP contribution in [0.15, 0.2) is 0 Å². The van der Waals surface area contributed by atoms with Crippen molar-refractivity contribution in [3.8, 4) is 0 Å². The van der Waals surface area contributed by atoms with E-state index in [0.29, 0.717) is 23.8 Å². The molecule has 0 unspecified atom stereocenters. The van der Waals surface area contributed by atoms with Crippen LogP contribution in [-0.4, -0.2) is 18.5 Å². The van der Waals surface area contributed by atoms with E-state index < -0.39 is 0 Å². The van der Waals surface area contributed by atoms with Crippen molar-refractivity contribution in [1.29, 1.82) is 0 Å². The first-order valence-electron chi connectivity index (χ1n) is 7.71. The summed E-state index contributed by atoms with van der Waals surface area (Å²) in [4.78, 5) is 12.2. The van der Waals surface area contributed by atoms with E-state index in [1.165, 1.54) is 25.7 Å². The van der Waals surface area contributed by atoms with E-state index in [-0.39, 0.29) is 5.92 Å². The van der Waals surface area contributed by atoms with Gasteiger partial charge in [-0.1, -0.05) is 12.8 Å². The molecule has 0 radical (unpaired) electrons. The average molecular weight is 252 g/mol. The molecular formula is C15H28N2O. The van der Waals surface area contributed by atoms with Crippen molar-refractivity contribution in [1.82, 2.24) is 5.32 Å². The lowest BCUT2D eigenvalue weighted by atomic mass is 9.81. The number of carbonyl (C=O) groups is 1. The predicted octanol–water partition coefficient (Wildman–Crippen LogP) is 2.45. The quantitative estimate of drug-likeness (QED) is 0.807. The van der Waals surface area contributed by atoms with Gasteiger partial charge in [-0.05, 0) is 63.8 Å². The molecule has 0 aromatic rings. The van der Waals surface area contributed by atoms with Crippen LogP contribution >= 0.6 is 0 Å². The zero-order chi connectivity index (χ0) is 13.0. The maximum absolute atomic E-state index is 12.2. The maximum Gasteiger partial charge on any atom is 0.223 e. The van der Waals surface area contributed by atoms with Gasteiger partial charge >= 0.3 is 0 Å². The molecule has 0 heterocycles. The summed E-state index contributed by atoms with van der Waals surface area (Å²) < 4.78 is 0. The van der Waals surface area contributed by atoms with E-state index >= 15 is 0 Å². The lowest BCUT2D eigenvalue weighted by Gasteiger charge is -2.29. The van der Waals surface area contributed by atoms with Crippen LogP contribution in [0.2, 0.25) is 0 Å². The Hall–Kier alpha value is -0.570. The van der Waals surface area contributed by atoms with Gasteiger partial charge < -0.3 is 11.1 Å². The molecule has 104 valence electrons. The van der Waals surface area contributed by atoms with Crippen LogP contribution in [0.3, 0.4) is 0 Å². The molecule has 2 saturated carbocycles. The van der Waals surface area contributed by atoms with E-state index in [4.69, 9.17) is 5.73 Å². The molecule has 2 aliphatic carbocycles. The summed E-state index contributed by atoms with van der Waals surface area (Å²) in [6, 6.07) is 0.368. The van der Waals surface area contributed by atoms with Gasteiger partial charge in [0.1, 0.15) is 0 Å². The van der Waals surface area contributed by atoms with Gasteiger partial charge in [0.05, 0.1) is 0 Å². The molecule has 1 atom stereocenters. The van der Waals surface area contributed by atoms with E-state index in [9.17, 15) is 4.79 Å². The first-order chi connectivity index (χ1) is 8.70. The van der Waals surface area contributed by atoms with Crippen molar-refractivity contribution in [3.63, 3.8) is 0 Å². The second kappa shape index (κ2) is 6.55. The molecule has 0 aromatic heterocycles. The molecule has 0 saturated heterocycles. The number of carbonyl (C=O) groups excluding carboxylic acids is 1. The molecule has 0 spiro atoms. The average Bonchev–Trinajstić information content (AvgIpc) is 2.92. The third-order valence-electron chi connectivity index (χ3n) is 5.03. The Balaban J connectivity index is 1.74. The van der Waals surface area contributed by atoms with Crippen molar-refractivity contribution in [2.45, 2.75) is 64.3 Å². The summed E-state index contributed by atoms with van der Waals surface area (Å²) in [5.74, 6) is 1.91. The fourth-order valence-electron chi connectivity index (χ4n) is 3.58. The Morgan fingerprint density at radius 2 is 1.78 bits per heavy atom. The molecule has 2 aliphatic rings. The molecule has 2 fully saturated rings. The molecule has 0 bridgehead atoms. The Bertz CT molecular complexity index is 266. The Morgan fingerprint density at radius 1 is 1.17 bits per heavy atom. The van der Waals surface area contributed by atoms with E-state index in [0.717, 1.165) is 32.2 Å². The SMILES string of the molecule is C[C@@H](NC(=O)C1CCC(CN)CC1)C1CCCC1. The number of rotatable bonds is 4. The molecule has 2 rings (SSSR count). The molecule has 1 amide bonds. The largest absolute Gasteiger partial charge is 0.353 e. The minimum atomic E-state index is 0.247. The van der Waals surface area contributed by atoms with Crippen LogP contribution in [0.25, 0.3) is 0 Å². The van der Waals surface area contributed by atoms with E-state index in [2.05, 4.69) is 12.2 Å². The van der Waals surface area contributed by atoms with Crippen molar-refractivity contribution < 1.29 is 4.79 Å². The van der Waals surface area contributed by atoms with E-state index in [1.54, 1.807) is 0 Å². The van der Waals surface area contributed by atoms with E-state index in [1.807, 2.05) is 0 Å². The fraction of sp³-hybridized carbons (Fsp3) is 0.933. The Labute approximate surface area is 111 Å². The van der Waals surface area contributed by atoms with Gasteiger partial charge in [0.25, 0.3) is 0 Å². The molecular weight excluding hydrogens is 224 g/mol. The number of nitrogens with two attached hydrogens (primary N) is 1. The third kappa shape index (κ3) is 3.47. The normalized spacial score (nSPS) is 31.2. The highest BCUT2D eigenvalue weighted by Crippen LogP contribution is 2.30. The molecule has 18 heavy (non-hydrogen) atoms. The summed E-state index contributed by atoms with van der Waals surface area (Å²) in [7, 11) is 0. The van der Waals surface area contributed by atoms with Crippen molar-refractivity contribution >= 4 is 5.91 Å². The summed E-state index contributed by atoms with van der Waals surface area (Å²) in [6.45, 7) is 2.96. The van der Waals surface area contributed by atoms with Crippen LogP contribution in [0.1, 0.15) is 58.3 Å². The molecule has 0 aliphatic heterocycles. The smallest absolute Gasteiger partial charge is 0.223 e. The minimum Gasteiger partial charge on any atom is -0.353 e. The number of hydrogen-bond acceptors (Lipinski definition) is 2. The Morgan fingerprint density at radius 3 is 2.33 bits per heavy atom. The fourth-order valence-corrected chi connectivity index (χ4v) is 3.58. The van der Waals surface area contributed by atoms with Crippen molar-refractivity contribution in [3.05, 3.63) is 0 Å². The van der Waals surface area contributed by atoms with Crippen molar-refractivity contribution in [2.24, 2.45) is 23.5 Å². The highest BCUT2D eigenvalue weighted by Gasteiger charge is 2.28. The number of amides is 1. The summed E-state index contributed by atoms with van der Waals surface area (Å²) >= 11 is 0. The predicted molar refractivity (Wildman–Crippen MR) is 74.1 cm³/mol. The molecule has 3 nitrogen and oxygen atoms in total. The van der Waals surface area contributed by atoms with Gasteiger partial charge in [-0.15, -0.1) is 0 Å². The van der Waals surface area contributed by atoms with Gasteiger partial charge in [0.2, 0.25) is 5.91 Å². The number of nitrogens with one attached hydrogen (secondary N) is 1. The van der Waals surface area contributed by atoms with Gasteiger partial charge in [-0.2, -0.15) is 0 Å². The third-order valence-corrected chi connectivity index (χ3v) is 5.03. The zero-order valence-electron chi connectivity index (χ0n) is 11.7. The second-order valence-electron chi connectivity index (χ2n) is 6.30. The van der Waals surface area contributed by atoms with Crippen LogP contribution in [-0.2, 0) is 4.79 Å². The molecule has 3 heteroatoms. The minimum absolute atomic E-state index is 0.247. The van der Waals surface area contributed by atoms with Crippen LogP contribution < -0.4 is 11.1 Å². The molecule has 3 N–H and O–H groups in total. The van der Waals surface area contributed by atoms with Crippen LogP contribution in [0, 0.1) is 17.8 Å². The number of hydrogen-bond donors (Lipinski definition) is 2. The zero-order valence-corrected chi connectivity index (χ0v) is 11.7. The van der Waals surface area contributed by atoms with Gasteiger partial charge in [-0.3, -0.25) is 4.79 Å². The van der Waals surface area contributed by atoms with Gasteiger partial charge in [0.15, 0.2) is 0 Å². The first-order valence-corrected chi connectivity index (χ1v) is 7.71. The van der Waals surface area contributed by atoms with Crippen LogP contribution in [0.5, 0.6) is 0 Å². The monoisotopic (exact) mass is 252 g/mol. The summed E-state index contributed by atoms with van der Waals surface area (Å²) in [5.41, 5.74) is 5.69. The highest BCUT2D eigenvalue weighted by molar-refractivity contribution is 5.79. The lowest BCUT2D eigenvalue weighted by Crippen LogP contribution is -2.42. The maximum atomic E-state index is 12.2.